The molecule has 0 saturated carbocycles. The second-order valence-corrected chi connectivity index (χ2v) is 5.00. The minimum Gasteiger partial charge on any atom is -0.380 e. The Labute approximate surface area is 121 Å². The van der Waals surface area contributed by atoms with E-state index in [1.54, 1.807) is 7.11 Å². The summed E-state index contributed by atoms with van der Waals surface area (Å²) in [4.78, 5) is 0. The Morgan fingerprint density at radius 1 is 1.05 bits per heavy atom. The van der Waals surface area contributed by atoms with Crippen molar-refractivity contribution >= 4 is 0 Å². The van der Waals surface area contributed by atoms with E-state index in [1.807, 2.05) is 0 Å². The number of rotatable bonds is 8. The molecule has 0 amide bonds. The van der Waals surface area contributed by atoms with Crippen LogP contribution in [0.3, 0.4) is 0 Å². The molecule has 108 valence electrons. The lowest BCUT2D eigenvalue weighted by Gasteiger charge is -2.11. The molecule has 0 aliphatic carbocycles. The van der Waals surface area contributed by atoms with Crippen molar-refractivity contribution in [2.45, 2.75) is 39.6 Å². The van der Waals surface area contributed by atoms with Crippen LogP contribution in [0, 0.1) is 0 Å². The fourth-order valence-corrected chi connectivity index (χ4v) is 2.42. The van der Waals surface area contributed by atoms with Gasteiger partial charge in [0.15, 0.2) is 0 Å². The first-order chi connectivity index (χ1) is 9.85. The number of hydrogen-bond donors (Lipinski definition) is 1. The number of benzene rings is 1. The van der Waals surface area contributed by atoms with Gasteiger partial charge in [0.2, 0.25) is 0 Å². The van der Waals surface area contributed by atoms with Crippen molar-refractivity contribution in [3.05, 3.63) is 59.4 Å². The lowest BCUT2D eigenvalue weighted by Crippen LogP contribution is -2.16. The maximum Gasteiger partial charge on any atom is 0.0716 e. The third kappa shape index (κ3) is 3.95. The van der Waals surface area contributed by atoms with Crippen LogP contribution in [0.4, 0.5) is 0 Å². The highest BCUT2D eigenvalue weighted by atomic mass is 16.5. The molecule has 20 heavy (non-hydrogen) atoms. The summed E-state index contributed by atoms with van der Waals surface area (Å²) in [5, 5.41) is 3.53. The Bertz CT molecular complexity index is 519. The number of aromatic nitrogens is 1. The number of aryl methyl sites for hydroxylation is 1. The van der Waals surface area contributed by atoms with E-state index in [9.17, 15) is 0 Å². The third-order valence-corrected chi connectivity index (χ3v) is 3.43. The first kappa shape index (κ1) is 14.8. The van der Waals surface area contributed by atoms with Gasteiger partial charge in [-0.2, -0.15) is 0 Å². The SMILES string of the molecule is CCCn1cccc1CNCc1ccccc1COC. The zero-order valence-electron chi connectivity index (χ0n) is 12.4. The largest absolute Gasteiger partial charge is 0.380 e. The molecule has 0 radical (unpaired) electrons. The molecule has 0 aliphatic rings. The maximum atomic E-state index is 5.24. The molecule has 2 aromatic rings. The summed E-state index contributed by atoms with van der Waals surface area (Å²) in [5.41, 5.74) is 3.91. The van der Waals surface area contributed by atoms with Crippen LogP contribution in [0.15, 0.2) is 42.6 Å². The van der Waals surface area contributed by atoms with Crippen LogP contribution < -0.4 is 5.32 Å². The summed E-state index contributed by atoms with van der Waals surface area (Å²) in [6.07, 6.45) is 3.32. The van der Waals surface area contributed by atoms with E-state index in [-0.39, 0.29) is 0 Å². The van der Waals surface area contributed by atoms with E-state index < -0.39 is 0 Å². The number of nitrogens with one attached hydrogen (secondary N) is 1. The minimum absolute atomic E-state index is 0.671. The van der Waals surface area contributed by atoms with Gasteiger partial charge in [-0.05, 0) is 29.7 Å². The molecule has 2 rings (SSSR count). The monoisotopic (exact) mass is 272 g/mol. The van der Waals surface area contributed by atoms with Crippen molar-refractivity contribution in [1.82, 2.24) is 9.88 Å². The molecular weight excluding hydrogens is 248 g/mol. The van der Waals surface area contributed by atoms with Crippen molar-refractivity contribution in [2.24, 2.45) is 0 Å². The number of ether oxygens (including phenoxy) is 1. The van der Waals surface area contributed by atoms with Crippen LogP contribution in [-0.4, -0.2) is 11.7 Å². The van der Waals surface area contributed by atoms with Crippen molar-refractivity contribution in [2.75, 3.05) is 7.11 Å². The van der Waals surface area contributed by atoms with E-state index in [2.05, 4.69) is 59.4 Å². The molecule has 0 unspecified atom stereocenters. The summed E-state index contributed by atoms with van der Waals surface area (Å²) in [7, 11) is 1.74. The van der Waals surface area contributed by atoms with Gasteiger partial charge in [0.05, 0.1) is 6.61 Å². The normalized spacial score (nSPS) is 10.9. The van der Waals surface area contributed by atoms with Crippen molar-refractivity contribution < 1.29 is 4.74 Å². The summed E-state index contributed by atoms with van der Waals surface area (Å²) in [6, 6.07) is 12.7. The van der Waals surface area contributed by atoms with Crippen LogP contribution in [-0.2, 0) is 31.0 Å². The van der Waals surface area contributed by atoms with E-state index in [1.165, 1.54) is 23.2 Å². The number of methoxy groups -OCH3 is 1. The summed E-state index contributed by atoms with van der Waals surface area (Å²) < 4.78 is 7.55. The molecule has 3 heteroatoms. The molecule has 0 saturated heterocycles. The predicted octanol–water partition coefficient (Wildman–Crippen LogP) is 3.33. The van der Waals surface area contributed by atoms with Crippen molar-refractivity contribution in [3.8, 4) is 0 Å². The summed E-state index contributed by atoms with van der Waals surface area (Å²) in [5.74, 6) is 0. The average molecular weight is 272 g/mol. The Balaban J connectivity index is 1.91. The van der Waals surface area contributed by atoms with Gasteiger partial charge < -0.3 is 14.6 Å². The van der Waals surface area contributed by atoms with Crippen LogP contribution in [0.5, 0.6) is 0 Å². The Morgan fingerprint density at radius 3 is 2.60 bits per heavy atom. The lowest BCUT2D eigenvalue weighted by atomic mass is 10.1. The molecular formula is C17H24N2O. The van der Waals surface area contributed by atoms with Crippen molar-refractivity contribution in [1.29, 1.82) is 0 Å². The fraction of sp³-hybridized carbons (Fsp3) is 0.412. The molecule has 1 N–H and O–H groups in total. The van der Waals surface area contributed by atoms with E-state index in [4.69, 9.17) is 4.74 Å². The van der Waals surface area contributed by atoms with Gasteiger partial charge in [-0.3, -0.25) is 0 Å². The highest BCUT2D eigenvalue weighted by Gasteiger charge is 2.03. The number of nitrogens with zero attached hydrogens (tertiary/aromatic N) is 1. The second-order valence-electron chi connectivity index (χ2n) is 5.00. The zero-order chi connectivity index (χ0) is 14.2. The van der Waals surface area contributed by atoms with E-state index >= 15 is 0 Å². The topological polar surface area (TPSA) is 26.2 Å². The van der Waals surface area contributed by atoms with Crippen LogP contribution >= 0.6 is 0 Å². The van der Waals surface area contributed by atoms with E-state index in [0.29, 0.717) is 6.61 Å². The van der Waals surface area contributed by atoms with Gasteiger partial charge in [-0.1, -0.05) is 31.2 Å². The molecule has 1 heterocycles. The maximum absolute atomic E-state index is 5.24. The first-order valence-electron chi connectivity index (χ1n) is 7.25. The Morgan fingerprint density at radius 2 is 1.85 bits per heavy atom. The predicted molar refractivity (Wildman–Crippen MR) is 82.4 cm³/mol. The molecule has 1 aromatic heterocycles. The van der Waals surface area contributed by atoms with Gasteiger partial charge in [-0.15, -0.1) is 0 Å². The molecule has 0 atom stereocenters. The summed E-state index contributed by atoms with van der Waals surface area (Å²) in [6.45, 7) is 5.73. The minimum atomic E-state index is 0.671. The van der Waals surface area contributed by atoms with Gasteiger partial charge in [0.25, 0.3) is 0 Å². The van der Waals surface area contributed by atoms with Gasteiger partial charge in [0, 0.05) is 38.6 Å². The first-order valence-corrected chi connectivity index (χ1v) is 7.25. The Kier molecular flexibility index (Phi) is 5.84. The molecule has 0 fully saturated rings. The quantitative estimate of drug-likeness (QED) is 0.797. The second kappa shape index (κ2) is 7.88. The number of hydrogen-bond acceptors (Lipinski definition) is 2. The third-order valence-electron chi connectivity index (χ3n) is 3.43. The molecule has 0 aliphatic heterocycles. The van der Waals surface area contributed by atoms with Crippen molar-refractivity contribution in [3.63, 3.8) is 0 Å². The highest BCUT2D eigenvalue weighted by Crippen LogP contribution is 2.10. The molecule has 3 nitrogen and oxygen atoms in total. The van der Waals surface area contributed by atoms with Crippen LogP contribution in [0.25, 0.3) is 0 Å². The van der Waals surface area contributed by atoms with Crippen LogP contribution in [0.1, 0.15) is 30.2 Å². The summed E-state index contributed by atoms with van der Waals surface area (Å²) >= 11 is 0. The molecule has 0 bridgehead atoms. The van der Waals surface area contributed by atoms with Gasteiger partial charge in [0.1, 0.15) is 0 Å². The van der Waals surface area contributed by atoms with Gasteiger partial charge in [-0.25, -0.2) is 0 Å². The molecule has 0 spiro atoms. The average Bonchev–Trinajstić information content (AvgIpc) is 2.89. The lowest BCUT2D eigenvalue weighted by molar-refractivity contribution is 0.184. The Hall–Kier alpha value is -1.58. The zero-order valence-corrected chi connectivity index (χ0v) is 12.4. The highest BCUT2D eigenvalue weighted by molar-refractivity contribution is 5.26. The van der Waals surface area contributed by atoms with E-state index in [0.717, 1.165) is 19.6 Å². The smallest absolute Gasteiger partial charge is 0.0716 e. The molecule has 1 aromatic carbocycles. The fourth-order valence-electron chi connectivity index (χ4n) is 2.42. The van der Waals surface area contributed by atoms with Crippen LogP contribution in [0.2, 0.25) is 0 Å². The standard InChI is InChI=1S/C17H24N2O/c1-3-10-19-11-6-9-17(19)13-18-12-15-7-4-5-8-16(15)14-20-2/h4-9,11,18H,3,10,12-14H2,1-2H3. The van der Waals surface area contributed by atoms with Gasteiger partial charge >= 0.3 is 0 Å².